The van der Waals surface area contributed by atoms with Crippen LogP contribution in [0.25, 0.3) is 0 Å². The van der Waals surface area contributed by atoms with E-state index in [9.17, 15) is 19.0 Å². The molecule has 0 aliphatic heterocycles. The molecule has 0 bridgehead atoms. The minimum absolute atomic E-state index is 0.0204. The molecule has 0 saturated heterocycles. The molecule has 1 N–H and O–H groups in total. The molecule has 0 rings (SSSR count). The summed E-state index contributed by atoms with van der Waals surface area (Å²) in [6.07, 6.45) is 49.5. The number of quaternary nitrogens is 1. The maximum atomic E-state index is 12.7. The third kappa shape index (κ3) is 43.0. The van der Waals surface area contributed by atoms with Crippen LogP contribution in [0.2, 0.25) is 0 Å². The zero-order valence-corrected chi connectivity index (χ0v) is 38.4. The lowest BCUT2D eigenvalue weighted by Gasteiger charge is -2.24. The molecule has 0 saturated carbocycles. The number of carbonyl (C=O) groups excluding carboxylic acids is 2. The lowest BCUT2D eigenvalue weighted by molar-refractivity contribution is -0.870. The molecule has 9 nitrogen and oxygen atoms in total. The van der Waals surface area contributed by atoms with Crippen molar-refractivity contribution >= 4 is 19.8 Å². The number of hydrogen-bond donors (Lipinski definition) is 1. The van der Waals surface area contributed by atoms with Crippen LogP contribution in [0.5, 0.6) is 0 Å². The first-order chi connectivity index (χ1) is 28.0. The summed E-state index contributed by atoms with van der Waals surface area (Å²) >= 11 is 0. The number of ether oxygens (including phenoxy) is 2. The Morgan fingerprint density at radius 3 is 1.47 bits per heavy atom. The summed E-state index contributed by atoms with van der Waals surface area (Å²) in [5.74, 6) is -0.852. The second kappa shape index (κ2) is 39.9. The Morgan fingerprint density at radius 1 is 0.552 bits per heavy atom. The zero-order valence-electron chi connectivity index (χ0n) is 37.5. The van der Waals surface area contributed by atoms with E-state index in [2.05, 4.69) is 86.8 Å². The summed E-state index contributed by atoms with van der Waals surface area (Å²) in [6, 6.07) is 0. The standard InChI is InChI=1S/C48H84NO8P/c1-6-8-10-12-14-16-18-20-21-22-23-24-25-26-27-29-31-33-35-37-39-41-48(51)57-46(45-56-58(52,53)55-43-42-49(3,4)5)44-54-47(50)40-38-36-34-32-30-28-19-17-15-13-11-9-7-2/h8,10,14,16,20-21,23-24,26-27,31,33,46H,6-7,9,11-13,15,17-19,22,25,28-30,32,34-45H2,1-5H3/p+1/b10-8-,16-14-,21-20-,24-23-,27-26-,33-31-. The molecule has 0 aliphatic carbocycles. The van der Waals surface area contributed by atoms with Gasteiger partial charge >= 0.3 is 19.8 Å². The van der Waals surface area contributed by atoms with E-state index in [1.54, 1.807) is 0 Å². The van der Waals surface area contributed by atoms with Gasteiger partial charge in [0.15, 0.2) is 6.10 Å². The average molecular weight is 835 g/mol. The lowest BCUT2D eigenvalue weighted by atomic mass is 10.0. The maximum absolute atomic E-state index is 12.7. The molecule has 10 heteroatoms. The van der Waals surface area contributed by atoms with Crippen LogP contribution in [0.4, 0.5) is 0 Å². The Morgan fingerprint density at radius 2 is 0.983 bits per heavy atom. The van der Waals surface area contributed by atoms with E-state index in [1.807, 2.05) is 21.1 Å². The first kappa shape index (κ1) is 55.5. The summed E-state index contributed by atoms with van der Waals surface area (Å²) < 4.78 is 34.3. The minimum atomic E-state index is -4.39. The third-order valence-corrected chi connectivity index (χ3v) is 10.2. The highest BCUT2D eigenvalue weighted by Crippen LogP contribution is 2.43. The Hall–Kier alpha value is -2.55. The van der Waals surface area contributed by atoms with Gasteiger partial charge in [-0.05, 0) is 64.2 Å². The Kier molecular flexibility index (Phi) is 38.1. The molecule has 0 aromatic carbocycles. The molecule has 58 heavy (non-hydrogen) atoms. The van der Waals surface area contributed by atoms with Crippen molar-refractivity contribution in [3.05, 3.63) is 72.9 Å². The number of hydrogen-bond acceptors (Lipinski definition) is 7. The van der Waals surface area contributed by atoms with E-state index < -0.39 is 26.5 Å². The molecule has 2 unspecified atom stereocenters. The fourth-order valence-electron chi connectivity index (χ4n) is 5.72. The highest BCUT2D eigenvalue weighted by atomic mass is 31.2. The van der Waals surface area contributed by atoms with Gasteiger partial charge in [-0.2, -0.15) is 0 Å². The molecular formula is C48H85NO8P+. The number of nitrogens with zero attached hydrogens (tertiary/aromatic N) is 1. The Labute approximate surface area is 355 Å². The number of esters is 2. The minimum Gasteiger partial charge on any atom is -0.462 e. The molecule has 0 aromatic rings. The van der Waals surface area contributed by atoms with Crippen molar-refractivity contribution in [1.82, 2.24) is 0 Å². The second-order valence-corrected chi connectivity index (χ2v) is 17.5. The molecule has 0 aromatic heterocycles. The number of allylic oxidation sites excluding steroid dienone is 12. The summed E-state index contributed by atoms with van der Waals surface area (Å²) in [7, 11) is 1.44. The molecule has 0 aliphatic rings. The second-order valence-electron chi connectivity index (χ2n) is 16.1. The van der Waals surface area contributed by atoms with Crippen LogP contribution in [-0.2, 0) is 32.7 Å². The fraction of sp³-hybridized carbons (Fsp3) is 0.708. The van der Waals surface area contributed by atoms with Gasteiger partial charge in [-0.3, -0.25) is 18.6 Å². The van der Waals surface area contributed by atoms with Crippen LogP contribution < -0.4 is 0 Å². The van der Waals surface area contributed by atoms with Crippen molar-refractivity contribution in [1.29, 1.82) is 0 Å². The van der Waals surface area contributed by atoms with Crippen molar-refractivity contribution in [2.45, 2.75) is 174 Å². The van der Waals surface area contributed by atoms with Crippen molar-refractivity contribution in [3.8, 4) is 0 Å². The quantitative estimate of drug-likeness (QED) is 0.0214. The van der Waals surface area contributed by atoms with Gasteiger partial charge in [0.2, 0.25) is 0 Å². The summed E-state index contributed by atoms with van der Waals surface area (Å²) in [6.45, 7) is 4.24. The van der Waals surface area contributed by atoms with Crippen molar-refractivity contribution in [3.63, 3.8) is 0 Å². The first-order valence-corrected chi connectivity index (χ1v) is 24.2. The monoisotopic (exact) mass is 835 g/mol. The molecule has 0 radical (unpaired) electrons. The van der Waals surface area contributed by atoms with Gasteiger partial charge < -0.3 is 18.9 Å². The van der Waals surface area contributed by atoms with E-state index in [0.717, 1.165) is 70.6 Å². The van der Waals surface area contributed by atoms with Crippen LogP contribution >= 0.6 is 7.82 Å². The number of phosphoric acid groups is 1. The van der Waals surface area contributed by atoms with Crippen LogP contribution in [0.1, 0.15) is 168 Å². The summed E-state index contributed by atoms with van der Waals surface area (Å²) in [5.41, 5.74) is 0. The molecule has 334 valence electrons. The van der Waals surface area contributed by atoms with E-state index in [4.69, 9.17) is 18.5 Å². The molecular weight excluding hydrogens is 750 g/mol. The van der Waals surface area contributed by atoms with Gasteiger partial charge in [0.05, 0.1) is 27.7 Å². The van der Waals surface area contributed by atoms with Gasteiger partial charge in [0.1, 0.15) is 19.8 Å². The van der Waals surface area contributed by atoms with E-state index in [-0.39, 0.29) is 32.0 Å². The number of likely N-dealkylation sites (N-methyl/N-ethyl adjacent to an activating group) is 1. The lowest BCUT2D eigenvalue weighted by Crippen LogP contribution is -2.37. The van der Waals surface area contributed by atoms with Crippen molar-refractivity contribution in [2.75, 3.05) is 47.5 Å². The highest BCUT2D eigenvalue weighted by molar-refractivity contribution is 7.47. The summed E-state index contributed by atoms with van der Waals surface area (Å²) in [4.78, 5) is 35.4. The van der Waals surface area contributed by atoms with E-state index in [1.165, 1.54) is 64.2 Å². The number of rotatable bonds is 40. The van der Waals surface area contributed by atoms with Crippen LogP contribution in [0.15, 0.2) is 72.9 Å². The molecule has 0 amide bonds. The van der Waals surface area contributed by atoms with Gasteiger partial charge in [-0.15, -0.1) is 0 Å². The molecule has 2 atom stereocenters. The van der Waals surface area contributed by atoms with Crippen molar-refractivity contribution < 1.29 is 42.1 Å². The molecule has 0 fully saturated rings. The number of phosphoric ester groups is 1. The molecule has 0 spiro atoms. The topological polar surface area (TPSA) is 108 Å². The Balaban J connectivity index is 4.44. The average Bonchev–Trinajstić information content (AvgIpc) is 3.17. The third-order valence-electron chi connectivity index (χ3n) is 9.25. The van der Waals surface area contributed by atoms with E-state index >= 15 is 0 Å². The smallest absolute Gasteiger partial charge is 0.462 e. The Bertz CT molecular complexity index is 1220. The summed E-state index contributed by atoms with van der Waals surface area (Å²) in [5, 5.41) is 0. The van der Waals surface area contributed by atoms with Gasteiger partial charge in [0.25, 0.3) is 0 Å². The number of carbonyl (C=O) groups is 2. The highest BCUT2D eigenvalue weighted by Gasteiger charge is 2.27. The fourth-order valence-corrected chi connectivity index (χ4v) is 6.46. The normalized spacial score (nSPS) is 14.2. The van der Waals surface area contributed by atoms with Gasteiger partial charge in [0, 0.05) is 12.8 Å². The first-order valence-electron chi connectivity index (χ1n) is 22.7. The SMILES string of the molecule is CC/C=C\C/C=C\C/C=C\C/C=C\C/C=C\C/C=C\CCCCC(=O)OC(COC(=O)CCCCCCCCCCCCCCC)COP(=O)(O)OCC[N+](C)(C)C. The van der Waals surface area contributed by atoms with Crippen LogP contribution in [0, 0.1) is 0 Å². The van der Waals surface area contributed by atoms with Crippen LogP contribution in [-0.4, -0.2) is 74.9 Å². The zero-order chi connectivity index (χ0) is 42.8. The van der Waals surface area contributed by atoms with Gasteiger partial charge in [-0.25, -0.2) is 4.57 Å². The van der Waals surface area contributed by atoms with Gasteiger partial charge in [-0.1, -0.05) is 164 Å². The predicted octanol–water partition coefficient (Wildman–Crippen LogP) is 13.0. The van der Waals surface area contributed by atoms with E-state index in [0.29, 0.717) is 17.4 Å². The largest absolute Gasteiger partial charge is 0.472 e. The maximum Gasteiger partial charge on any atom is 0.472 e. The predicted molar refractivity (Wildman–Crippen MR) is 242 cm³/mol. The van der Waals surface area contributed by atoms with Crippen molar-refractivity contribution in [2.24, 2.45) is 0 Å². The number of unbranched alkanes of at least 4 members (excludes halogenated alkanes) is 14. The molecule has 0 heterocycles. The van der Waals surface area contributed by atoms with Crippen LogP contribution in [0.3, 0.4) is 0 Å².